The maximum Gasteiger partial charge on any atom is 0.236 e. The monoisotopic (exact) mass is 428 g/mol. The Hall–Kier alpha value is -2.80. The molecule has 1 aliphatic heterocycles. The Morgan fingerprint density at radius 1 is 1.20 bits per heavy atom. The van der Waals surface area contributed by atoms with Gasteiger partial charge in [-0.1, -0.05) is 29.8 Å². The van der Waals surface area contributed by atoms with Crippen LogP contribution in [0.2, 0.25) is 0 Å². The van der Waals surface area contributed by atoms with E-state index in [0.29, 0.717) is 23.7 Å². The van der Waals surface area contributed by atoms with E-state index < -0.39 is 15.4 Å². The van der Waals surface area contributed by atoms with E-state index in [1.807, 2.05) is 45.9 Å². The molecule has 0 radical (unpaired) electrons. The van der Waals surface area contributed by atoms with Gasteiger partial charge in [-0.25, -0.2) is 8.42 Å². The van der Waals surface area contributed by atoms with Crippen LogP contribution in [0.4, 0.5) is 11.4 Å². The Morgan fingerprint density at radius 3 is 2.63 bits per heavy atom. The summed E-state index contributed by atoms with van der Waals surface area (Å²) in [6.45, 7) is 11.8. The van der Waals surface area contributed by atoms with Crippen molar-refractivity contribution < 1.29 is 17.9 Å². The second-order valence-corrected chi connectivity index (χ2v) is 10.1. The third-order valence-corrected chi connectivity index (χ3v) is 6.34. The summed E-state index contributed by atoms with van der Waals surface area (Å²) in [4.78, 5) is 14.6. The van der Waals surface area contributed by atoms with E-state index in [9.17, 15) is 13.2 Å². The third-order valence-electron chi connectivity index (χ3n) is 5.10. The topological polar surface area (TPSA) is 75.7 Å². The van der Waals surface area contributed by atoms with E-state index >= 15 is 0 Å². The number of anilines is 2. The Labute approximate surface area is 178 Å². The van der Waals surface area contributed by atoms with Crippen LogP contribution >= 0.6 is 0 Å². The molecule has 3 rings (SSSR count). The highest BCUT2D eigenvalue weighted by Crippen LogP contribution is 2.38. The summed E-state index contributed by atoms with van der Waals surface area (Å²) in [5, 5.41) is 0. The van der Waals surface area contributed by atoms with Gasteiger partial charge in [-0.15, -0.1) is 6.58 Å². The SMILES string of the molecule is C=CCN1C(=O)C(C)(C)COc2ccc(NS(=O)(=O)Cc3cc(C)ccc3C)cc21. The first kappa shape index (κ1) is 21.9. The number of sulfonamides is 1. The summed E-state index contributed by atoms with van der Waals surface area (Å²) in [5.74, 6) is 0.306. The lowest BCUT2D eigenvalue weighted by Crippen LogP contribution is -2.42. The summed E-state index contributed by atoms with van der Waals surface area (Å²) < 4.78 is 34.1. The minimum Gasteiger partial charge on any atom is -0.490 e. The summed E-state index contributed by atoms with van der Waals surface area (Å²) >= 11 is 0. The van der Waals surface area contributed by atoms with Crippen molar-refractivity contribution in [3.8, 4) is 5.75 Å². The minimum atomic E-state index is -3.64. The van der Waals surface area contributed by atoms with Crippen molar-refractivity contribution >= 4 is 27.3 Å². The normalized spacial score (nSPS) is 15.7. The molecule has 2 aromatic carbocycles. The molecular weight excluding hydrogens is 400 g/mol. The van der Waals surface area contributed by atoms with Gasteiger partial charge in [0.05, 0.1) is 22.5 Å². The molecule has 2 aromatic rings. The van der Waals surface area contributed by atoms with Crippen LogP contribution in [0, 0.1) is 19.3 Å². The molecule has 1 N–H and O–H groups in total. The van der Waals surface area contributed by atoms with E-state index in [-0.39, 0.29) is 18.3 Å². The largest absolute Gasteiger partial charge is 0.490 e. The van der Waals surface area contributed by atoms with Crippen LogP contribution in [-0.4, -0.2) is 27.5 Å². The lowest BCUT2D eigenvalue weighted by Gasteiger charge is -2.27. The van der Waals surface area contributed by atoms with Gasteiger partial charge in [-0.2, -0.15) is 0 Å². The van der Waals surface area contributed by atoms with Crippen LogP contribution in [0.1, 0.15) is 30.5 Å². The van der Waals surface area contributed by atoms with Crippen molar-refractivity contribution in [3.63, 3.8) is 0 Å². The minimum absolute atomic E-state index is 0.100. The number of fused-ring (bicyclic) bond motifs is 1. The van der Waals surface area contributed by atoms with Crippen molar-refractivity contribution in [2.75, 3.05) is 22.8 Å². The predicted molar refractivity (Wildman–Crippen MR) is 120 cm³/mol. The number of nitrogens with one attached hydrogen (secondary N) is 1. The molecule has 1 aliphatic rings. The molecule has 0 aliphatic carbocycles. The molecule has 1 amide bonds. The van der Waals surface area contributed by atoms with Crippen molar-refractivity contribution in [3.05, 3.63) is 65.7 Å². The van der Waals surface area contributed by atoms with Gasteiger partial charge < -0.3 is 9.64 Å². The predicted octanol–water partition coefficient (Wildman–Crippen LogP) is 4.18. The summed E-state index contributed by atoms with van der Waals surface area (Å²) in [5.41, 5.74) is 2.89. The van der Waals surface area contributed by atoms with E-state index in [4.69, 9.17) is 4.74 Å². The molecule has 6 nitrogen and oxygen atoms in total. The van der Waals surface area contributed by atoms with Crippen LogP contribution in [0.5, 0.6) is 5.75 Å². The summed E-state index contributed by atoms with van der Waals surface area (Å²) in [7, 11) is -3.64. The molecule has 7 heteroatoms. The lowest BCUT2D eigenvalue weighted by atomic mass is 9.93. The second-order valence-electron chi connectivity index (χ2n) is 8.35. The number of amides is 1. The van der Waals surface area contributed by atoms with E-state index in [1.165, 1.54) is 0 Å². The highest BCUT2D eigenvalue weighted by molar-refractivity contribution is 7.91. The molecule has 0 spiro atoms. The van der Waals surface area contributed by atoms with Crippen LogP contribution in [0.25, 0.3) is 0 Å². The molecule has 0 aromatic heterocycles. The number of carbonyl (C=O) groups excluding carboxylic acids is 1. The number of rotatable bonds is 6. The Balaban J connectivity index is 1.92. The quantitative estimate of drug-likeness (QED) is 0.700. The van der Waals surface area contributed by atoms with Crippen LogP contribution in [0.15, 0.2) is 49.1 Å². The molecule has 0 unspecified atom stereocenters. The van der Waals surface area contributed by atoms with Crippen molar-refractivity contribution in [2.45, 2.75) is 33.4 Å². The van der Waals surface area contributed by atoms with Gasteiger partial charge in [0.2, 0.25) is 15.9 Å². The maximum atomic E-state index is 13.0. The zero-order valence-electron chi connectivity index (χ0n) is 17.9. The zero-order valence-corrected chi connectivity index (χ0v) is 18.7. The van der Waals surface area contributed by atoms with Crippen molar-refractivity contribution in [2.24, 2.45) is 5.41 Å². The summed E-state index contributed by atoms with van der Waals surface area (Å²) in [6.07, 6.45) is 1.64. The number of aryl methyl sites for hydroxylation is 2. The first-order chi connectivity index (χ1) is 14.0. The highest BCUT2D eigenvalue weighted by atomic mass is 32.2. The average molecular weight is 429 g/mol. The number of hydrogen-bond acceptors (Lipinski definition) is 4. The number of nitrogens with zero attached hydrogens (tertiary/aromatic N) is 1. The van der Waals surface area contributed by atoms with E-state index in [1.54, 1.807) is 29.2 Å². The van der Waals surface area contributed by atoms with Gasteiger partial charge in [0.15, 0.2) is 0 Å². The average Bonchev–Trinajstić information content (AvgIpc) is 2.75. The maximum absolute atomic E-state index is 13.0. The van der Waals surface area contributed by atoms with Gasteiger partial charge in [-0.3, -0.25) is 9.52 Å². The molecular formula is C23H28N2O4S. The van der Waals surface area contributed by atoms with E-state index in [0.717, 1.165) is 16.7 Å². The fourth-order valence-electron chi connectivity index (χ4n) is 3.39. The smallest absolute Gasteiger partial charge is 0.236 e. The first-order valence-electron chi connectivity index (χ1n) is 9.79. The summed E-state index contributed by atoms with van der Waals surface area (Å²) in [6, 6.07) is 10.7. The lowest BCUT2D eigenvalue weighted by molar-refractivity contribution is -0.127. The number of hydrogen-bond donors (Lipinski definition) is 1. The second kappa shape index (κ2) is 8.14. The van der Waals surface area contributed by atoms with E-state index in [2.05, 4.69) is 11.3 Å². The standard InChI is InChI=1S/C23H28N2O4S/c1-6-11-25-20-13-19(9-10-21(20)29-15-23(4,5)22(25)26)24-30(27,28)14-18-12-16(2)7-8-17(18)3/h6-10,12-13,24H,1,11,14-15H2,2-5H3. The molecule has 160 valence electrons. The van der Waals surface area contributed by atoms with Crippen LogP contribution in [-0.2, 0) is 20.6 Å². The van der Waals surface area contributed by atoms with Gasteiger partial charge in [0.1, 0.15) is 12.4 Å². The van der Waals surface area contributed by atoms with Gasteiger partial charge in [0.25, 0.3) is 0 Å². The van der Waals surface area contributed by atoms with Crippen LogP contribution < -0.4 is 14.4 Å². The Morgan fingerprint density at radius 2 is 1.93 bits per heavy atom. The van der Waals surface area contributed by atoms with Crippen molar-refractivity contribution in [1.29, 1.82) is 0 Å². The number of ether oxygens (including phenoxy) is 1. The van der Waals surface area contributed by atoms with Gasteiger partial charge >= 0.3 is 0 Å². The van der Waals surface area contributed by atoms with Crippen molar-refractivity contribution in [1.82, 2.24) is 0 Å². The zero-order chi connectivity index (χ0) is 22.1. The number of carbonyl (C=O) groups is 1. The Bertz CT molecular complexity index is 1090. The van der Waals surface area contributed by atoms with Gasteiger partial charge in [-0.05, 0) is 57.0 Å². The molecule has 0 fully saturated rings. The van der Waals surface area contributed by atoms with Crippen LogP contribution in [0.3, 0.4) is 0 Å². The Kier molecular flexibility index (Phi) is 5.94. The molecule has 30 heavy (non-hydrogen) atoms. The molecule has 0 saturated heterocycles. The molecule has 0 atom stereocenters. The van der Waals surface area contributed by atoms with Gasteiger partial charge in [0, 0.05) is 6.54 Å². The molecule has 0 bridgehead atoms. The first-order valence-corrected chi connectivity index (χ1v) is 11.4. The fourth-order valence-corrected chi connectivity index (χ4v) is 4.67. The molecule has 0 saturated carbocycles. The fraction of sp³-hybridized carbons (Fsp3) is 0.348. The number of benzene rings is 2. The highest BCUT2D eigenvalue weighted by Gasteiger charge is 2.37. The third kappa shape index (κ3) is 4.67. The molecule has 1 heterocycles.